The van der Waals surface area contributed by atoms with Crippen molar-refractivity contribution in [2.75, 3.05) is 33.3 Å². The van der Waals surface area contributed by atoms with Crippen molar-refractivity contribution in [3.05, 3.63) is 35.9 Å². The minimum absolute atomic E-state index is 0.0239. The van der Waals surface area contributed by atoms with Gasteiger partial charge in [0.1, 0.15) is 0 Å². The van der Waals surface area contributed by atoms with E-state index in [1.165, 1.54) is 28.4 Å². The molecule has 0 saturated carbocycles. The van der Waals surface area contributed by atoms with Gasteiger partial charge in [-0.05, 0) is 24.1 Å². The quantitative estimate of drug-likeness (QED) is 0.642. The predicted molar refractivity (Wildman–Crippen MR) is 111 cm³/mol. The highest BCUT2D eigenvalue weighted by Crippen LogP contribution is 2.41. The molecule has 0 atom stereocenters. The summed E-state index contributed by atoms with van der Waals surface area (Å²) in [6.45, 7) is 2.32. The van der Waals surface area contributed by atoms with Gasteiger partial charge in [0, 0.05) is 18.6 Å². The molecule has 7 nitrogen and oxygen atoms in total. The molecule has 0 spiro atoms. The highest BCUT2D eigenvalue weighted by Gasteiger charge is 2.21. The predicted octanol–water partition coefficient (Wildman–Crippen LogP) is 4.15. The Balaban J connectivity index is 2.48. The summed E-state index contributed by atoms with van der Waals surface area (Å²) in [5, 5.41) is 10.1. The minimum Gasteiger partial charge on any atom is -0.504 e. The molecule has 1 N–H and O–H groups in total. The molecule has 2 aromatic carbocycles. The Bertz CT molecular complexity index is 811. The summed E-state index contributed by atoms with van der Waals surface area (Å²) in [5.41, 5.74) is 1.39. The number of phenols is 1. The first-order valence-corrected chi connectivity index (χ1v) is 9.45. The van der Waals surface area contributed by atoms with Gasteiger partial charge in [0.25, 0.3) is 0 Å². The second kappa shape index (κ2) is 10.5. The maximum absolute atomic E-state index is 13.0. The van der Waals surface area contributed by atoms with Crippen LogP contribution in [0.4, 0.5) is 5.69 Å². The van der Waals surface area contributed by atoms with Crippen molar-refractivity contribution in [2.45, 2.75) is 32.7 Å². The summed E-state index contributed by atoms with van der Waals surface area (Å²) < 4.78 is 21.3. The number of nitrogens with zero attached hydrogens (tertiary/aromatic N) is 1. The number of anilines is 1. The second-order valence-corrected chi connectivity index (χ2v) is 6.47. The molecule has 0 aliphatic rings. The van der Waals surface area contributed by atoms with Crippen LogP contribution in [-0.4, -0.2) is 39.5 Å². The van der Waals surface area contributed by atoms with Crippen molar-refractivity contribution < 1.29 is 28.8 Å². The topological polar surface area (TPSA) is 77.5 Å². The highest BCUT2D eigenvalue weighted by molar-refractivity contribution is 5.94. The third-order valence-electron chi connectivity index (χ3n) is 4.59. The summed E-state index contributed by atoms with van der Waals surface area (Å²) >= 11 is 0. The van der Waals surface area contributed by atoms with Gasteiger partial charge in [-0.25, -0.2) is 0 Å². The van der Waals surface area contributed by atoms with Gasteiger partial charge in [-0.15, -0.1) is 0 Å². The standard InChI is InChI=1S/C22H29NO6/c1-6-7-8-21(25)23(14-15-9-10-18(26-2)17(24)11-15)16-12-19(27-3)22(29-5)20(13-16)28-4/h9-13,24H,6-8,14H2,1-5H3. The number of amides is 1. The average Bonchev–Trinajstić information content (AvgIpc) is 2.74. The summed E-state index contributed by atoms with van der Waals surface area (Å²) in [5.74, 6) is 1.76. The van der Waals surface area contributed by atoms with E-state index >= 15 is 0 Å². The van der Waals surface area contributed by atoms with Crippen molar-refractivity contribution in [3.63, 3.8) is 0 Å². The normalized spacial score (nSPS) is 10.4. The first-order valence-electron chi connectivity index (χ1n) is 9.45. The molecule has 2 aromatic rings. The van der Waals surface area contributed by atoms with Crippen LogP contribution >= 0.6 is 0 Å². The number of ether oxygens (including phenoxy) is 4. The van der Waals surface area contributed by atoms with Gasteiger partial charge < -0.3 is 29.0 Å². The van der Waals surface area contributed by atoms with Crippen LogP contribution in [0.3, 0.4) is 0 Å². The Labute approximate surface area is 171 Å². The van der Waals surface area contributed by atoms with Gasteiger partial charge in [-0.2, -0.15) is 0 Å². The number of rotatable bonds is 10. The lowest BCUT2D eigenvalue weighted by Gasteiger charge is -2.25. The third-order valence-corrected chi connectivity index (χ3v) is 4.59. The number of aromatic hydroxyl groups is 1. The van der Waals surface area contributed by atoms with Gasteiger partial charge in [-0.3, -0.25) is 4.79 Å². The molecule has 0 unspecified atom stereocenters. The molecule has 158 valence electrons. The average molecular weight is 403 g/mol. The van der Waals surface area contributed by atoms with Crippen LogP contribution in [0.15, 0.2) is 30.3 Å². The number of methoxy groups -OCH3 is 4. The van der Waals surface area contributed by atoms with E-state index in [4.69, 9.17) is 18.9 Å². The van der Waals surface area contributed by atoms with Gasteiger partial charge in [0.2, 0.25) is 11.7 Å². The lowest BCUT2D eigenvalue weighted by molar-refractivity contribution is -0.118. The monoisotopic (exact) mass is 403 g/mol. The fraction of sp³-hybridized carbons (Fsp3) is 0.409. The first kappa shape index (κ1) is 22.2. The Morgan fingerprint density at radius 2 is 1.55 bits per heavy atom. The van der Waals surface area contributed by atoms with E-state index in [-0.39, 0.29) is 18.2 Å². The number of carbonyl (C=O) groups excluding carboxylic acids is 1. The van der Waals surface area contributed by atoms with Gasteiger partial charge in [-0.1, -0.05) is 19.4 Å². The Morgan fingerprint density at radius 1 is 0.931 bits per heavy atom. The van der Waals surface area contributed by atoms with E-state index < -0.39 is 0 Å². The van der Waals surface area contributed by atoms with E-state index in [0.29, 0.717) is 35.1 Å². The van der Waals surface area contributed by atoms with Crippen molar-refractivity contribution in [3.8, 4) is 28.7 Å². The Kier molecular flexibility index (Phi) is 8.00. The fourth-order valence-electron chi connectivity index (χ4n) is 3.03. The van der Waals surface area contributed by atoms with Crippen LogP contribution in [0.2, 0.25) is 0 Å². The molecule has 0 radical (unpaired) electrons. The van der Waals surface area contributed by atoms with Crippen molar-refractivity contribution in [1.29, 1.82) is 0 Å². The van der Waals surface area contributed by atoms with Gasteiger partial charge >= 0.3 is 0 Å². The largest absolute Gasteiger partial charge is 0.504 e. The molecular formula is C22H29NO6. The molecule has 0 aliphatic heterocycles. The van der Waals surface area contributed by atoms with E-state index in [1.807, 2.05) is 13.0 Å². The number of carbonyl (C=O) groups is 1. The van der Waals surface area contributed by atoms with Crippen LogP contribution in [-0.2, 0) is 11.3 Å². The lowest BCUT2D eigenvalue weighted by Crippen LogP contribution is -2.30. The van der Waals surface area contributed by atoms with Crippen LogP contribution in [0.5, 0.6) is 28.7 Å². The molecule has 1 amide bonds. The molecule has 0 saturated heterocycles. The zero-order valence-corrected chi connectivity index (χ0v) is 17.7. The minimum atomic E-state index is -0.0311. The number of phenolic OH excluding ortho intramolecular Hbond substituents is 1. The number of hydrogen-bond donors (Lipinski definition) is 1. The summed E-state index contributed by atoms with van der Waals surface area (Å²) in [6, 6.07) is 8.57. The molecule has 0 heterocycles. The number of benzene rings is 2. The summed E-state index contributed by atoms with van der Waals surface area (Å²) in [6.07, 6.45) is 2.11. The molecule has 29 heavy (non-hydrogen) atoms. The zero-order valence-electron chi connectivity index (χ0n) is 17.7. The third kappa shape index (κ3) is 5.25. The fourth-order valence-corrected chi connectivity index (χ4v) is 3.03. The lowest BCUT2D eigenvalue weighted by atomic mass is 10.1. The van der Waals surface area contributed by atoms with E-state index in [0.717, 1.165) is 18.4 Å². The van der Waals surface area contributed by atoms with Crippen molar-refractivity contribution in [2.24, 2.45) is 0 Å². The van der Waals surface area contributed by atoms with Crippen molar-refractivity contribution in [1.82, 2.24) is 0 Å². The van der Waals surface area contributed by atoms with Gasteiger partial charge in [0.05, 0.1) is 40.7 Å². The molecule has 0 aliphatic carbocycles. The van der Waals surface area contributed by atoms with E-state index in [1.54, 1.807) is 29.2 Å². The summed E-state index contributed by atoms with van der Waals surface area (Å²) in [7, 11) is 6.09. The number of unbranched alkanes of at least 4 members (excludes halogenated alkanes) is 1. The molecule has 7 heteroatoms. The highest BCUT2D eigenvalue weighted by atomic mass is 16.5. The molecular weight excluding hydrogens is 374 g/mol. The summed E-state index contributed by atoms with van der Waals surface area (Å²) in [4.78, 5) is 14.6. The smallest absolute Gasteiger partial charge is 0.227 e. The van der Waals surface area contributed by atoms with E-state index in [2.05, 4.69) is 0 Å². The Hall–Kier alpha value is -3.09. The molecule has 0 bridgehead atoms. The van der Waals surface area contributed by atoms with Crippen LogP contribution in [0, 0.1) is 0 Å². The SMILES string of the molecule is CCCCC(=O)N(Cc1ccc(OC)c(O)c1)c1cc(OC)c(OC)c(OC)c1. The molecule has 0 aromatic heterocycles. The maximum atomic E-state index is 13.0. The zero-order chi connectivity index (χ0) is 21.4. The maximum Gasteiger partial charge on any atom is 0.227 e. The van der Waals surface area contributed by atoms with Crippen LogP contribution in [0.1, 0.15) is 31.7 Å². The second-order valence-electron chi connectivity index (χ2n) is 6.47. The van der Waals surface area contributed by atoms with E-state index in [9.17, 15) is 9.90 Å². The first-order chi connectivity index (χ1) is 14.0. The Morgan fingerprint density at radius 3 is 2.03 bits per heavy atom. The van der Waals surface area contributed by atoms with Crippen LogP contribution in [0.25, 0.3) is 0 Å². The van der Waals surface area contributed by atoms with Crippen LogP contribution < -0.4 is 23.8 Å². The van der Waals surface area contributed by atoms with Crippen molar-refractivity contribution >= 4 is 11.6 Å². The molecule has 0 fully saturated rings. The molecule has 2 rings (SSSR count). The van der Waals surface area contributed by atoms with Gasteiger partial charge in [0.15, 0.2) is 23.0 Å². The number of hydrogen-bond acceptors (Lipinski definition) is 6.